The monoisotopic (exact) mass is 394 g/mol. The van der Waals surface area contributed by atoms with Crippen molar-refractivity contribution < 1.29 is 9.59 Å². The van der Waals surface area contributed by atoms with E-state index in [0.29, 0.717) is 30.9 Å². The summed E-state index contributed by atoms with van der Waals surface area (Å²) in [5.41, 5.74) is 0.946. The molecular formula is C22H26N4O3. The van der Waals surface area contributed by atoms with Gasteiger partial charge in [0.05, 0.1) is 0 Å². The van der Waals surface area contributed by atoms with Crippen molar-refractivity contribution in [3.8, 4) is 0 Å². The molecule has 0 fully saturated rings. The van der Waals surface area contributed by atoms with Crippen molar-refractivity contribution in [2.24, 2.45) is 0 Å². The van der Waals surface area contributed by atoms with Crippen LogP contribution in [0.25, 0.3) is 0 Å². The lowest BCUT2D eigenvalue weighted by atomic mass is 10.1. The van der Waals surface area contributed by atoms with Crippen molar-refractivity contribution in [2.45, 2.75) is 26.3 Å². The minimum atomic E-state index is -0.422. The number of carbonyl (C=O) groups excluding carboxylic acids is 2. The number of aryl methyl sites for hydroxylation is 1. The Balaban J connectivity index is 2.10. The molecule has 2 amide bonds. The van der Waals surface area contributed by atoms with Crippen LogP contribution in [-0.4, -0.2) is 39.6 Å². The van der Waals surface area contributed by atoms with Crippen molar-refractivity contribution in [2.75, 3.05) is 18.4 Å². The number of hydrogen-bond donors (Lipinski definition) is 1. The highest BCUT2D eigenvalue weighted by molar-refractivity contribution is 6.03. The molecule has 0 aliphatic carbocycles. The van der Waals surface area contributed by atoms with Crippen LogP contribution in [0.3, 0.4) is 0 Å². The van der Waals surface area contributed by atoms with Crippen LogP contribution in [-0.2, 0) is 6.54 Å². The van der Waals surface area contributed by atoms with Crippen LogP contribution < -0.4 is 10.9 Å². The van der Waals surface area contributed by atoms with Gasteiger partial charge in [0.2, 0.25) is 0 Å². The molecule has 0 saturated heterocycles. The minimum absolute atomic E-state index is 0.146. The Morgan fingerprint density at radius 2 is 1.76 bits per heavy atom. The smallest absolute Gasteiger partial charge is 0.276 e. The summed E-state index contributed by atoms with van der Waals surface area (Å²) in [4.78, 5) is 38.4. The molecule has 1 aromatic heterocycles. The Hall–Kier alpha value is -3.48. The van der Waals surface area contributed by atoms with Crippen LogP contribution in [0.2, 0.25) is 0 Å². The highest BCUT2D eigenvalue weighted by atomic mass is 16.2. The number of anilines is 1. The molecule has 0 radical (unpaired) electrons. The van der Waals surface area contributed by atoms with Gasteiger partial charge in [-0.05, 0) is 36.8 Å². The zero-order valence-corrected chi connectivity index (χ0v) is 16.6. The summed E-state index contributed by atoms with van der Waals surface area (Å²) in [5, 5.41) is 6.86. The van der Waals surface area contributed by atoms with Gasteiger partial charge in [0.25, 0.3) is 17.4 Å². The lowest BCUT2D eigenvalue weighted by molar-refractivity contribution is 0.0790. The summed E-state index contributed by atoms with van der Waals surface area (Å²) < 4.78 is 1.30. The zero-order valence-electron chi connectivity index (χ0n) is 16.6. The summed E-state index contributed by atoms with van der Waals surface area (Å²) in [6.45, 7) is 10.6. The van der Waals surface area contributed by atoms with Crippen LogP contribution in [0.15, 0.2) is 66.5 Å². The first-order valence-electron chi connectivity index (χ1n) is 9.50. The minimum Gasteiger partial charge on any atom is -0.331 e. The quantitative estimate of drug-likeness (QED) is 0.628. The first-order valence-corrected chi connectivity index (χ1v) is 9.50. The maximum absolute atomic E-state index is 12.5. The van der Waals surface area contributed by atoms with Crippen LogP contribution in [0.4, 0.5) is 5.69 Å². The number of nitrogens with zero attached hydrogens (tertiary/aromatic N) is 3. The second-order valence-electron chi connectivity index (χ2n) is 6.45. The van der Waals surface area contributed by atoms with Crippen molar-refractivity contribution in [3.05, 3.63) is 83.3 Å². The average Bonchev–Trinajstić information content (AvgIpc) is 2.73. The summed E-state index contributed by atoms with van der Waals surface area (Å²) in [5.74, 6) is -0.568. The molecule has 0 atom stereocenters. The van der Waals surface area contributed by atoms with Gasteiger partial charge in [0.1, 0.15) is 5.69 Å². The third kappa shape index (κ3) is 6.00. The van der Waals surface area contributed by atoms with E-state index in [1.54, 1.807) is 41.3 Å². The van der Waals surface area contributed by atoms with Gasteiger partial charge in [-0.15, -0.1) is 13.2 Å². The largest absolute Gasteiger partial charge is 0.331 e. The van der Waals surface area contributed by atoms with Gasteiger partial charge in [0.15, 0.2) is 0 Å². The molecule has 1 heterocycles. The zero-order chi connectivity index (χ0) is 21.2. The van der Waals surface area contributed by atoms with Crippen LogP contribution in [0.5, 0.6) is 0 Å². The fraction of sp³-hybridized carbons (Fsp3) is 0.273. The molecule has 0 bridgehead atoms. The Kier molecular flexibility index (Phi) is 8.09. The van der Waals surface area contributed by atoms with Crippen LogP contribution in [0, 0.1) is 0 Å². The van der Waals surface area contributed by atoms with E-state index in [-0.39, 0.29) is 17.2 Å². The van der Waals surface area contributed by atoms with E-state index in [1.807, 2.05) is 6.92 Å². The summed E-state index contributed by atoms with van der Waals surface area (Å²) in [6.07, 6.45) is 5.04. The number of hydrogen-bond acceptors (Lipinski definition) is 4. The fourth-order valence-electron chi connectivity index (χ4n) is 2.66. The molecule has 2 rings (SSSR count). The van der Waals surface area contributed by atoms with E-state index in [1.165, 1.54) is 16.8 Å². The molecular weight excluding hydrogens is 368 g/mol. The van der Waals surface area contributed by atoms with Gasteiger partial charge in [-0.3, -0.25) is 14.4 Å². The van der Waals surface area contributed by atoms with E-state index in [9.17, 15) is 14.4 Å². The van der Waals surface area contributed by atoms with Gasteiger partial charge in [0, 0.05) is 37.0 Å². The number of amides is 2. The maximum atomic E-state index is 12.5. The van der Waals surface area contributed by atoms with Gasteiger partial charge >= 0.3 is 0 Å². The topological polar surface area (TPSA) is 84.3 Å². The van der Waals surface area contributed by atoms with Crippen LogP contribution >= 0.6 is 0 Å². The van der Waals surface area contributed by atoms with E-state index in [2.05, 4.69) is 23.6 Å². The number of unbranched alkanes of at least 4 members (excludes halogenated alkanes) is 1. The summed E-state index contributed by atoms with van der Waals surface area (Å²) in [6, 6.07) is 9.34. The Labute approximate surface area is 170 Å². The Bertz CT molecular complexity index is 922. The summed E-state index contributed by atoms with van der Waals surface area (Å²) in [7, 11) is 0. The first-order chi connectivity index (χ1) is 14.0. The molecule has 2 aromatic rings. The lowest BCUT2D eigenvalue weighted by Crippen LogP contribution is -2.31. The molecule has 0 aliphatic rings. The third-order valence-electron chi connectivity index (χ3n) is 4.20. The van der Waals surface area contributed by atoms with Gasteiger partial charge in [-0.1, -0.05) is 25.5 Å². The number of rotatable bonds is 10. The van der Waals surface area contributed by atoms with Gasteiger partial charge in [-0.2, -0.15) is 5.10 Å². The average molecular weight is 394 g/mol. The molecule has 0 saturated carbocycles. The number of carbonyl (C=O) groups is 2. The molecule has 7 nitrogen and oxygen atoms in total. The maximum Gasteiger partial charge on any atom is 0.276 e. The lowest BCUT2D eigenvalue weighted by Gasteiger charge is -2.19. The van der Waals surface area contributed by atoms with E-state index in [4.69, 9.17) is 0 Å². The standard InChI is InChI=1S/C22H26N4O3/c1-4-7-16-26-20(27)13-12-19(24-26)21(28)23-18-10-8-17(9-11-18)22(29)25(14-5-2)15-6-3/h5-6,8-13H,2-4,7,14-16H2,1H3,(H,23,28). The number of benzene rings is 1. The summed E-state index contributed by atoms with van der Waals surface area (Å²) >= 11 is 0. The molecule has 0 spiro atoms. The molecule has 7 heteroatoms. The normalized spacial score (nSPS) is 10.2. The first kappa shape index (κ1) is 21.8. The Morgan fingerprint density at radius 1 is 1.10 bits per heavy atom. The van der Waals surface area contributed by atoms with Crippen molar-refractivity contribution in [1.82, 2.24) is 14.7 Å². The highest BCUT2D eigenvalue weighted by Gasteiger charge is 2.14. The molecule has 152 valence electrons. The van der Waals surface area contributed by atoms with E-state index in [0.717, 1.165) is 12.8 Å². The molecule has 1 N–H and O–H groups in total. The van der Waals surface area contributed by atoms with Crippen molar-refractivity contribution in [1.29, 1.82) is 0 Å². The third-order valence-corrected chi connectivity index (χ3v) is 4.20. The van der Waals surface area contributed by atoms with Gasteiger partial charge in [-0.25, -0.2) is 4.68 Å². The highest BCUT2D eigenvalue weighted by Crippen LogP contribution is 2.13. The Morgan fingerprint density at radius 3 is 2.34 bits per heavy atom. The van der Waals surface area contributed by atoms with E-state index < -0.39 is 5.91 Å². The van der Waals surface area contributed by atoms with Crippen molar-refractivity contribution in [3.63, 3.8) is 0 Å². The predicted octanol–water partition coefficient (Wildman–Crippen LogP) is 3.11. The second kappa shape index (κ2) is 10.8. The fourth-order valence-corrected chi connectivity index (χ4v) is 2.66. The predicted molar refractivity (Wildman–Crippen MR) is 114 cm³/mol. The molecule has 1 aromatic carbocycles. The van der Waals surface area contributed by atoms with Crippen LogP contribution in [0.1, 0.15) is 40.6 Å². The van der Waals surface area contributed by atoms with Crippen molar-refractivity contribution >= 4 is 17.5 Å². The molecule has 29 heavy (non-hydrogen) atoms. The molecule has 0 aliphatic heterocycles. The SMILES string of the molecule is C=CCN(CC=C)C(=O)c1ccc(NC(=O)c2ccc(=O)n(CCCC)n2)cc1. The number of aromatic nitrogens is 2. The van der Waals surface area contributed by atoms with Gasteiger partial charge < -0.3 is 10.2 Å². The second-order valence-corrected chi connectivity index (χ2v) is 6.45. The van der Waals surface area contributed by atoms with E-state index >= 15 is 0 Å². The number of nitrogens with one attached hydrogen (secondary N) is 1. The molecule has 0 unspecified atom stereocenters.